The molecule has 3 nitrogen and oxygen atoms in total. The van der Waals surface area contributed by atoms with Gasteiger partial charge in [-0.3, -0.25) is 0 Å². The van der Waals surface area contributed by atoms with Gasteiger partial charge in [-0.25, -0.2) is 0 Å². The highest BCUT2D eigenvalue weighted by Gasteiger charge is 2.23. The van der Waals surface area contributed by atoms with Crippen molar-refractivity contribution in [2.24, 2.45) is 5.92 Å². The first-order valence-corrected chi connectivity index (χ1v) is 8.67. The maximum atomic E-state index is 5.75. The van der Waals surface area contributed by atoms with Gasteiger partial charge in [0, 0.05) is 19.3 Å². The summed E-state index contributed by atoms with van der Waals surface area (Å²) >= 11 is 0. The zero-order chi connectivity index (χ0) is 17.0. The summed E-state index contributed by atoms with van der Waals surface area (Å²) in [5.74, 6) is 0.853. The maximum absolute atomic E-state index is 5.75. The third kappa shape index (κ3) is 10.0. The third-order valence-electron chi connectivity index (χ3n) is 3.32. The molecule has 0 saturated heterocycles. The van der Waals surface area contributed by atoms with Crippen LogP contribution in [0, 0.1) is 5.92 Å². The van der Waals surface area contributed by atoms with E-state index in [4.69, 9.17) is 14.2 Å². The third-order valence-corrected chi connectivity index (χ3v) is 3.32. The molecule has 0 aromatic heterocycles. The Morgan fingerprint density at radius 2 is 1.64 bits per heavy atom. The van der Waals surface area contributed by atoms with Gasteiger partial charge in [0.05, 0.1) is 6.61 Å². The molecule has 0 fully saturated rings. The first kappa shape index (κ1) is 21.2. The molecule has 0 saturated carbocycles. The van der Waals surface area contributed by atoms with Crippen LogP contribution < -0.4 is 0 Å². The van der Waals surface area contributed by atoms with E-state index in [1.165, 1.54) is 18.4 Å². The average Bonchev–Trinajstić information content (AvgIpc) is 2.38. The van der Waals surface area contributed by atoms with Crippen molar-refractivity contribution in [1.82, 2.24) is 0 Å². The van der Waals surface area contributed by atoms with Crippen molar-refractivity contribution >= 4 is 0 Å². The minimum atomic E-state index is -0.733. The lowest BCUT2D eigenvalue weighted by molar-refractivity contribution is -0.187. The molecule has 22 heavy (non-hydrogen) atoms. The van der Waals surface area contributed by atoms with E-state index in [1.54, 1.807) is 0 Å². The molecule has 0 bridgehead atoms. The van der Waals surface area contributed by atoms with Crippen molar-refractivity contribution in [3.05, 3.63) is 23.5 Å². The van der Waals surface area contributed by atoms with E-state index in [1.807, 2.05) is 33.8 Å². The molecule has 0 heterocycles. The minimum absolute atomic E-state index is 0.601. The van der Waals surface area contributed by atoms with Gasteiger partial charge >= 0.3 is 0 Å². The van der Waals surface area contributed by atoms with Crippen molar-refractivity contribution in [2.75, 3.05) is 19.8 Å². The number of hydrogen-bond acceptors (Lipinski definition) is 3. The van der Waals surface area contributed by atoms with Crippen LogP contribution in [-0.4, -0.2) is 25.6 Å². The molecule has 0 atom stereocenters. The number of allylic oxidation sites excluding steroid dienone is 2. The van der Waals surface area contributed by atoms with Crippen LogP contribution in [0.5, 0.6) is 0 Å². The van der Waals surface area contributed by atoms with E-state index in [2.05, 4.69) is 26.8 Å². The Morgan fingerprint density at radius 1 is 1.05 bits per heavy atom. The van der Waals surface area contributed by atoms with Crippen LogP contribution in [0.25, 0.3) is 0 Å². The summed E-state index contributed by atoms with van der Waals surface area (Å²) in [6.07, 6.45) is 7.63. The summed E-state index contributed by atoms with van der Waals surface area (Å²) in [6.45, 7) is 16.4. The van der Waals surface area contributed by atoms with E-state index in [-0.39, 0.29) is 0 Å². The van der Waals surface area contributed by atoms with Crippen molar-refractivity contribution in [2.45, 2.75) is 73.5 Å². The standard InChI is InChI=1S/C19H36O3/c1-8-20-18(14-17(6)13-11-12-16(4)5)15-19(7,21-9-2)22-10-3/h14-16H,8-13H2,1-7H3. The molecule has 0 radical (unpaired) electrons. The predicted octanol–water partition coefficient (Wildman–Crippen LogP) is 5.47. The second-order valence-corrected chi connectivity index (χ2v) is 6.14. The average molecular weight is 312 g/mol. The molecule has 0 aromatic rings. The lowest BCUT2D eigenvalue weighted by atomic mass is 10.0. The predicted molar refractivity (Wildman–Crippen MR) is 93.8 cm³/mol. The van der Waals surface area contributed by atoms with Gasteiger partial charge in [0.2, 0.25) is 0 Å². The largest absolute Gasteiger partial charge is 0.494 e. The Balaban J connectivity index is 4.96. The highest BCUT2D eigenvalue weighted by atomic mass is 16.7. The van der Waals surface area contributed by atoms with Crippen molar-refractivity contribution in [1.29, 1.82) is 0 Å². The summed E-state index contributed by atoms with van der Waals surface area (Å²) < 4.78 is 17.2. The normalized spacial score (nSPS) is 13.8. The van der Waals surface area contributed by atoms with Gasteiger partial charge in [-0.05, 0) is 59.5 Å². The van der Waals surface area contributed by atoms with E-state index in [0.717, 1.165) is 18.1 Å². The van der Waals surface area contributed by atoms with Gasteiger partial charge in [-0.2, -0.15) is 0 Å². The molecule has 3 heteroatoms. The fraction of sp³-hybridized carbons (Fsp3) is 0.789. The highest BCUT2D eigenvalue weighted by Crippen LogP contribution is 2.20. The Bertz CT molecular complexity index is 337. The fourth-order valence-corrected chi connectivity index (χ4v) is 2.35. The van der Waals surface area contributed by atoms with Gasteiger partial charge in [0.15, 0.2) is 5.79 Å². The summed E-state index contributed by atoms with van der Waals surface area (Å²) in [7, 11) is 0. The molecule has 0 aliphatic rings. The van der Waals surface area contributed by atoms with Gasteiger partial charge in [0.1, 0.15) is 5.76 Å². The van der Waals surface area contributed by atoms with Crippen LogP contribution in [0.15, 0.2) is 23.5 Å². The molecule has 0 aliphatic carbocycles. The van der Waals surface area contributed by atoms with E-state index >= 15 is 0 Å². The summed E-state index contributed by atoms with van der Waals surface area (Å²) in [5, 5.41) is 0. The van der Waals surface area contributed by atoms with Crippen molar-refractivity contribution in [3.8, 4) is 0 Å². The zero-order valence-corrected chi connectivity index (χ0v) is 15.7. The Labute approximate surface area is 137 Å². The molecule has 0 amide bonds. The Kier molecular flexibility index (Phi) is 11.3. The summed E-state index contributed by atoms with van der Waals surface area (Å²) in [6, 6.07) is 0. The van der Waals surface area contributed by atoms with E-state index < -0.39 is 5.79 Å². The monoisotopic (exact) mass is 312 g/mol. The van der Waals surface area contributed by atoms with Crippen LogP contribution in [0.4, 0.5) is 0 Å². The van der Waals surface area contributed by atoms with Gasteiger partial charge in [0.25, 0.3) is 0 Å². The Hall–Kier alpha value is -0.800. The van der Waals surface area contributed by atoms with Gasteiger partial charge in [-0.15, -0.1) is 0 Å². The van der Waals surface area contributed by atoms with Crippen LogP contribution >= 0.6 is 0 Å². The second-order valence-electron chi connectivity index (χ2n) is 6.14. The van der Waals surface area contributed by atoms with E-state index in [9.17, 15) is 0 Å². The van der Waals surface area contributed by atoms with Crippen LogP contribution in [0.3, 0.4) is 0 Å². The Morgan fingerprint density at radius 3 is 2.09 bits per heavy atom. The van der Waals surface area contributed by atoms with Gasteiger partial charge < -0.3 is 14.2 Å². The SMILES string of the molecule is CCOC(C=C(C)CCCC(C)C)=CC(C)(OCC)OCC. The molecule has 0 N–H and O–H groups in total. The smallest absolute Gasteiger partial charge is 0.188 e. The molecular weight excluding hydrogens is 276 g/mol. The highest BCUT2D eigenvalue weighted by molar-refractivity contribution is 5.20. The van der Waals surface area contributed by atoms with E-state index in [0.29, 0.717) is 19.8 Å². The van der Waals surface area contributed by atoms with Crippen LogP contribution in [0.2, 0.25) is 0 Å². The number of hydrogen-bond donors (Lipinski definition) is 0. The number of ether oxygens (including phenoxy) is 3. The number of rotatable bonds is 12. The fourth-order valence-electron chi connectivity index (χ4n) is 2.35. The molecule has 0 unspecified atom stereocenters. The van der Waals surface area contributed by atoms with Crippen molar-refractivity contribution < 1.29 is 14.2 Å². The van der Waals surface area contributed by atoms with Crippen LogP contribution in [0.1, 0.15) is 67.7 Å². The minimum Gasteiger partial charge on any atom is -0.494 e. The zero-order valence-electron chi connectivity index (χ0n) is 15.7. The molecule has 0 rings (SSSR count). The second kappa shape index (κ2) is 11.7. The first-order valence-electron chi connectivity index (χ1n) is 8.67. The maximum Gasteiger partial charge on any atom is 0.188 e. The first-order chi connectivity index (χ1) is 10.4. The van der Waals surface area contributed by atoms with Crippen LogP contribution in [-0.2, 0) is 14.2 Å². The van der Waals surface area contributed by atoms with Gasteiger partial charge in [-0.1, -0.05) is 25.8 Å². The molecule has 130 valence electrons. The lowest BCUT2D eigenvalue weighted by Crippen LogP contribution is -2.30. The lowest BCUT2D eigenvalue weighted by Gasteiger charge is -2.26. The molecular formula is C19H36O3. The summed E-state index contributed by atoms with van der Waals surface area (Å²) in [4.78, 5) is 0. The molecule has 0 spiro atoms. The molecule has 0 aliphatic heterocycles. The topological polar surface area (TPSA) is 27.7 Å². The quantitative estimate of drug-likeness (QED) is 0.272. The van der Waals surface area contributed by atoms with Crippen molar-refractivity contribution in [3.63, 3.8) is 0 Å². The summed E-state index contributed by atoms with van der Waals surface area (Å²) in [5.41, 5.74) is 1.33. The molecule has 0 aromatic carbocycles.